The Kier molecular flexibility index (Phi) is 6.43. The zero-order valence-electron chi connectivity index (χ0n) is 19.3. The Morgan fingerprint density at radius 1 is 1.15 bits per heavy atom. The van der Waals surface area contributed by atoms with Crippen LogP contribution >= 0.6 is 0 Å². The van der Waals surface area contributed by atoms with Crippen molar-refractivity contribution in [2.75, 3.05) is 7.11 Å². The van der Waals surface area contributed by atoms with Gasteiger partial charge in [0.05, 0.1) is 12.8 Å². The van der Waals surface area contributed by atoms with E-state index >= 15 is 0 Å². The fraction of sp³-hybridized carbons (Fsp3) is 0.231. The van der Waals surface area contributed by atoms with Gasteiger partial charge in [-0.2, -0.15) is 0 Å². The second kappa shape index (κ2) is 9.44. The number of benzene rings is 2. The summed E-state index contributed by atoms with van der Waals surface area (Å²) in [4.78, 5) is 26.4. The van der Waals surface area contributed by atoms with E-state index in [0.717, 1.165) is 27.9 Å². The van der Waals surface area contributed by atoms with E-state index in [1.165, 1.54) is 0 Å². The Balaban J connectivity index is 1.65. The van der Waals surface area contributed by atoms with Crippen LogP contribution in [0.15, 0.2) is 53.3 Å². The van der Waals surface area contributed by atoms with E-state index in [1.54, 1.807) is 14.0 Å². The number of H-pyrrole nitrogens is 1. The third-order valence-electron chi connectivity index (χ3n) is 6.10. The van der Waals surface area contributed by atoms with E-state index in [2.05, 4.69) is 20.9 Å². The summed E-state index contributed by atoms with van der Waals surface area (Å²) in [5.74, 6) is -1.10. The van der Waals surface area contributed by atoms with Gasteiger partial charge < -0.3 is 29.8 Å². The quantitative estimate of drug-likeness (QED) is 0.317. The number of ether oxygens (including phenoxy) is 1. The molecule has 0 saturated heterocycles. The number of pyridine rings is 1. The highest BCUT2D eigenvalue weighted by atomic mass is 16.5. The molecule has 0 atom stereocenters. The molecule has 0 aliphatic carbocycles. The number of aromatic hydroxyl groups is 1. The summed E-state index contributed by atoms with van der Waals surface area (Å²) in [5, 5.41) is 24.2. The summed E-state index contributed by atoms with van der Waals surface area (Å²) < 4.78 is 7.51. The topological polar surface area (TPSA) is 117 Å². The first-order chi connectivity index (χ1) is 16.3. The molecule has 176 valence electrons. The average Bonchev–Trinajstić information content (AvgIpc) is 3.13. The van der Waals surface area contributed by atoms with Crippen LogP contribution in [-0.2, 0) is 26.6 Å². The predicted octanol–water partition coefficient (Wildman–Crippen LogP) is 3.80. The molecule has 4 N–H and O–H groups in total. The standard InChI is InChI=1S/C26H27N3O5/c1-4-19-23(28-25(31)22(24(19)30)26(32)33)15-9-10-20-17(11-15)12-18(29(20)2)14-27-13-16-7-5-6-8-21(16)34-3/h5-12,27H,4,13-14H2,1-3H3,(H,32,33)(H2,28,30,31). The Bertz CT molecular complexity index is 1430. The van der Waals surface area contributed by atoms with Gasteiger partial charge in [-0.1, -0.05) is 31.2 Å². The molecule has 0 aliphatic heterocycles. The Morgan fingerprint density at radius 2 is 1.91 bits per heavy atom. The van der Waals surface area contributed by atoms with Crippen molar-refractivity contribution in [3.63, 3.8) is 0 Å². The van der Waals surface area contributed by atoms with Crippen molar-refractivity contribution < 1.29 is 19.7 Å². The van der Waals surface area contributed by atoms with Crippen molar-refractivity contribution in [1.29, 1.82) is 0 Å². The first kappa shape index (κ1) is 23.1. The monoisotopic (exact) mass is 461 g/mol. The maximum Gasteiger partial charge on any atom is 0.345 e. The zero-order chi connectivity index (χ0) is 24.4. The second-order valence-corrected chi connectivity index (χ2v) is 8.07. The summed E-state index contributed by atoms with van der Waals surface area (Å²) in [6, 6.07) is 15.7. The fourth-order valence-electron chi connectivity index (χ4n) is 4.32. The highest BCUT2D eigenvalue weighted by molar-refractivity contribution is 5.92. The lowest BCUT2D eigenvalue weighted by atomic mass is 9.99. The number of aromatic amines is 1. The maximum absolute atomic E-state index is 12.3. The molecule has 0 amide bonds. The number of hydrogen-bond donors (Lipinski definition) is 4. The molecule has 0 aliphatic rings. The number of methoxy groups -OCH3 is 1. The molecule has 0 spiro atoms. The summed E-state index contributed by atoms with van der Waals surface area (Å²) in [7, 11) is 3.65. The number of hydrogen-bond acceptors (Lipinski definition) is 5. The minimum atomic E-state index is -1.45. The van der Waals surface area contributed by atoms with Crippen LogP contribution in [0.5, 0.6) is 11.5 Å². The highest BCUT2D eigenvalue weighted by Gasteiger charge is 2.22. The predicted molar refractivity (Wildman–Crippen MR) is 131 cm³/mol. The van der Waals surface area contributed by atoms with Crippen LogP contribution in [0.4, 0.5) is 0 Å². The van der Waals surface area contributed by atoms with E-state index in [0.29, 0.717) is 36.3 Å². The van der Waals surface area contributed by atoms with Crippen LogP contribution in [0.2, 0.25) is 0 Å². The number of nitrogens with zero attached hydrogens (tertiary/aromatic N) is 1. The number of rotatable bonds is 8. The number of carbonyl (C=O) groups is 1. The summed E-state index contributed by atoms with van der Waals surface area (Å²) >= 11 is 0. The summed E-state index contributed by atoms with van der Waals surface area (Å²) in [6.45, 7) is 3.10. The van der Waals surface area contributed by atoms with Gasteiger partial charge in [0.2, 0.25) is 0 Å². The van der Waals surface area contributed by atoms with Gasteiger partial charge >= 0.3 is 5.97 Å². The number of nitrogens with one attached hydrogen (secondary N) is 2. The number of fused-ring (bicyclic) bond motifs is 1. The van der Waals surface area contributed by atoms with E-state index in [-0.39, 0.29) is 0 Å². The van der Waals surface area contributed by atoms with Crippen LogP contribution in [0, 0.1) is 0 Å². The molecule has 0 radical (unpaired) electrons. The number of carboxylic acid groups (broad SMARTS) is 1. The van der Waals surface area contributed by atoms with Crippen LogP contribution in [0.1, 0.15) is 34.1 Å². The minimum absolute atomic E-state index is 0.364. The maximum atomic E-state index is 12.3. The molecular formula is C26H27N3O5. The molecule has 0 fully saturated rings. The minimum Gasteiger partial charge on any atom is -0.506 e. The molecular weight excluding hydrogens is 434 g/mol. The van der Waals surface area contributed by atoms with Gasteiger partial charge in [-0.3, -0.25) is 4.79 Å². The number of aromatic carboxylic acids is 1. The third-order valence-corrected chi connectivity index (χ3v) is 6.10. The van der Waals surface area contributed by atoms with E-state index in [1.807, 2.05) is 49.5 Å². The van der Waals surface area contributed by atoms with Crippen molar-refractivity contribution in [2.45, 2.75) is 26.4 Å². The lowest BCUT2D eigenvalue weighted by molar-refractivity contribution is 0.0691. The van der Waals surface area contributed by atoms with Gasteiger partial charge in [0.1, 0.15) is 11.5 Å². The Hall–Kier alpha value is -4.04. The second-order valence-electron chi connectivity index (χ2n) is 8.07. The Morgan fingerprint density at radius 3 is 2.62 bits per heavy atom. The van der Waals surface area contributed by atoms with Gasteiger partial charge in [0.25, 0.3) is 5.56 Å². The Labute approximate surface area is 196 Å². The largest absolute Gasteiger partial charge is 0.506 e. The fourth-order valence-corrected chi connectivity index (χ4v) is 4.32. The number of aryl methyl sites for hydroxylation is 1. The highest BCUT2D eigenvalue weighted by Crippen LogP contribution is 2.32. The molecule has 0 bridgehead atoms. The number of aromatic nitrogens is 2. The number of carboxylic acids is 1. The smallest absolute Gasteiger partial charge is 0.345 e. The van der Waals surface area contributed by atoms with Gasteiger partial charge in [-0.05, 0) is 36.2 Å². The molecule has 4 aromatic rings. The van der Waals surface area contributed by atoms with Crippen molar-refractivity contribution in [2.24, 2.45) is 7.05 Å². The molecule has 4 rings (SSSR count). The average molecular weight is 462 g/mol. The van der Waals surface area contributed by atoms with Gasteiger partial charge in [-0.15, -0.1) is 0 Å². The van der Waals surface area contributed by atoms with Gasteiger partial charge in [0.15, 0.2) is 5.56 Å². The summed E-state index contributed by atoms with van der Waals surface area (Å²) in [6.07, 6.45) is 0.364. The normalized spacial score (nSPS) is 11.1. The lowest BCUT2D eigenvalue weighted by Gasteiger charge is -2.12. The molecule has 0 saturated carbocycles. The molecule has 2 aromatic heterocycles. The van der Waals surface area contributed by atoms with Gasteiger partial charge in [-0.25, -0.2) is 4.79 Å². The van der Waals surface area contributed by atoms with E-state index < -0.39 is 22.8 Å². The van der Waals surface area contributed by atoms with Crippen LogP contribution in [-0.4, -0.2) is 32.8 Å². The number of para-hydroxylation sites is 1. The first-order valence-corrected chi connectivity index (χ1v) is 11.0. The molecule has 2 heterocycles. The van der Waals surface area contributed by atoms with Gasteiger partial charge in [0, 0.05) is 47.9 Å². The summed E-state index contributed by atoms with van der Waals surface area (Å²) in [5.41, 5.74) is 3.23. The van der Waals surface area contributed by atoms with Crippen molar-refractivity contribution >= 4 is 16.9 Å². The van der Waals surface area contributed by atoms with Crippen LogP contribution < -0.4 is 15.6 Å². The third kappa shape index (κ3) is 4.15. The van der Waals surface area contributed by atoms with Crippen molar-refractivity contribution in [3.05, 3.63) is 81.3 Å². The van der Waals surface area contributed by atoms with Crippen LogP contribution in [0.25, 0.3) is 22.2 Å². The van der Waals surface area contributed by atoms with Crippen molar-refractivity contribution in [1.82, 2.24) is 14.9 Å². The van der Waals surface area contributed by atoms with E-state index in [9.17, 15) is 19.8 Å². The molecule has 8 nitrogen and oxygen atoms in total. The SMILES string of the molecule is CCc1c(-c2ccc3c(c2)cc(CNCc2ccccc2OC)n3C)[nH]c(=O)c(C(=O)O)c1O. The molecule has 0 unspecified atom stereocenters. The lowest BCUT2D eigenvalue weighted by Crippen LogP contribution is -2.20. The molecule has 34 heavy (non-hydrogen) atoms. The zero-order valence-corrected chi connectivity index (χ0v) is 19.3. The van der Waals surface area contributed by atoms with Crippen LogP contribution in [0.3, 0.4) is 0 Å². The first-order valence-electron chi connectivity index (χ1n) is 11.0. The molecule has 2 aromatic carbocycles. The molecule has 8 heteroatoms. The van der Waals surface area contributed by atoms with Crippen molar-refractivity contribution in [3.8, 4) is 22.8 Å². The van der Waals surface area contributed by atoms with E-state index in [4.69, 9.17) is 4.74 Å².